The lowest BCUT2D eigenvalue weighted by Gasteiger charge is -2.15. The van der Waals surface area contributed by atoms with Crippen LogP contribution in [0, 0.1) is 12.8 Å². The molecule has 0 aromatic heterocycles. The van der Waals surface area contributed by atoms with Gasteiger partial charge in [0.1, 0.15) is 0 Å². The van der Waals surface area contributed by atoms with Gasteiger partial charge in [-0.05, 0) is 38.3 Å². The highest BCUT2D eigenvalue weighted by atomic mass is 16.5. The van der Waals surface area contributed by atoms with Crippen LogP contribution in [-0.2, 0) is 4.74 Å². The number of carbonyl (C=O) groups excluding carboxylic acids is 1. The minimum atomic E-state index is -0.190. The van der Waals surface area contributed by atoms with Crippen LogP contribution >= 0.6 is 0 Å². The van der Waals surface area contributed by atoms with Crippen molar-refractivity contribution >= 4 is 11.9 Å². The highest BCUT2D eigenvalue weighted by molar-refractivity contribution is 6.04. The number of hydrogen-bond donors (Lipinski definition) is 1. The molecule has 0 aliphatic carbocycles. The molecule has 4 heteroatoms. The van der Waals surface area contributed by atoms with Crippen molar-refractivity contribution in [1.29, 1.82) is 0 Å². The number of aryl methyl sites for hydroxylation is 1. The molecule has 1 N–H and O–H groups in total. The third-order valence-corrected chi connectivity index (χ3v) is 3.23. The molecule has 0 fully saturated rings. The van der Waals surface area contributed by atoms with Gasteiger partial charge in [0.2, 0.25) is 0 Å². The summed E-state index contributed by atoms with van der Waals surface area (Å²) in [7, 11) is 0. The first-order chi connectivity index (χ1) is 9.93. The number of ether oxygens (including phenoxy) is 1. The predicted molar refractivity (Wildman–Crippen MR) is 86.6 cm³/mol. The molecule has 4 nitrogen and oxygen atoms in total. The molecule has 0 unspecified atom stereocenters. The van der Waals surface area contributed by atoms with Crippen LogP contribution in [-0.4, -0.2) is 24.6 Å². The van der Waals surface area contributed by atoms with Crippen molar-refractivity contribution in [3.63, 3.8) is 0 Å². The number of nitrogens with zero attached hydrogens (tertiary/aromatic N) is 1. The smallest absolute Gasteiger partial charge is 0.291 e. The molecule has 1 atom stereocenters. The molecule has 0 aliphatic rings. The van der Waals surface area contributed by atoms with Crippen LogP contribution in [0.25, 0.3) is 0 Å². The standard InChI is InChI=1S/C17H26N2O2/c1-6-10-21-17(18-14(5)12(2)3)19-16(20)15-9-7-8-13(4)11-15/h7-9,11-12,14H,6,10H2,1-5H3,(H,18,19,20)/t14-/m0/s1. The second kappa shape index (κ2) is 8.45. The summed E-state index contributed by atoms with van der Waals surface area (Å²) in [5.41, 5.74) is 1.66. The van der Waals surface area contributed by atoms with Gasteiger partial charge in [0, 0.05) is 5.56 Å². The van der Waals surface area contributed by atoms with Crippen molar-refractivity contribution in [1.82, 2.24) is 5.32 Å². The minimum absolute atomic E-state index is 0.0923. The number of carbonyl (C=O) groups is 1. The van der Waals surface area contributed by atoms with Crippen molar-refractivity contribution < 1.29 is 9.53 Å². The second-order valence-electron chi connectivity index (χ2n) is 5.59. The Kier molecular flexibility index (Phi) is 6.92. The van der Waals surface area contributed by atoms with E-state index in [0.717, 1.165) is 12.0 Å². The lowest BCUT2D eigenvalue weighted by atomic mass is 10.1. The summed E-state index contributed by atoms with van der Waals surface area (Å²) in [6.07, 6.45) is 0.870. The number of benzene rings is 1. The maximum absolute atomic E-state index is 12.2. The fourth-order valence-corrected chi connectivity index (χ4v) is 1.59. The second-order valence-corrected chi connectivity index (χ2v) is 5.59. The van der Waals surface area contributed by atoms with E-state index in [-0.39, 0.29) is 11.9 Å². The molecule has 1 amide bonds. The summed E-state index contributed by atoms with van der Waals surface area (Å²) in [6, 6.07) is 7.86. The first-order valence-corrected chi connectivity index (χ1v) is 7.52. The van der Waals surface area contributed by atoms with Crippen molar-refractivity contribution in [3.05, 3.63) is 35.4 Å². The minimum Gasteiger partial charge on any atom is -0.465 e. The molecule has 0 radical (unpaired) electrons. The molecule has 0 bridgehead atoms. The Hall–Kier alpha value is -1.84. The summed E-state index contributed by atoms with van der Waals surface area (Å²) in [5, 5.41) is 2.77. The Balaban J connectivity index is 2.82. The highest BCUT2D eigenvalue weighted by Crippen LogP contribution is 2.07. The van der Waals surface area contributed by atoms with Gasteiger partial charge in [0.15, 0.2) is 0 Å². The maximum Gasteiger partial charge on any atom is 0.291 e. The van der Waals surface area contributed by atoms with E-state index in [1.807, 2.05) is 39.0 Å². The van der Waals surface area contributed by atoms with E-state index in [9.17, 15) is 4.79 Å². The maximum atomic E-state index is 12.2. The summed E-state index contributed by atoms with van der Waals surface area (Å²) in [4.78, 5) is 16.7. The van der Waals surface area contributed by atoms with Crippen LogP contribution in [0.2, 0.25) is 0 Å². The highest BCUT2D eigenvalue weighted by Gasteiger charge is 2.13. The Labute approximate surface area is 127 Å². The first-order valence-electron chi connectivity index (χ1n) is 7.52. The summed E-state index contributed by atoms with van der Waals surface area (Å²) in [5.74, 6) is 0.200. The van der Waals surface area contributed by atoms with Crippen molar-refractivity contribution in [2.45, 2.75) is 47.1 Å². The Bertz CT molecular complexity index is 495. The van der Waals surface area contributed by atoms with Gasteiger partial charge in [-0.15, -0.1) is 0 Å². The number of nitrogens with one attached hydrogen (secondary N) is 1. The number of amides is 1. The number of amidine groups is 1. The van der Waals surface area contributed by atoms with E-state index < -0.39 is 0 Å². The van der Waals surface area contributed by atoms with Gasteiger partial charge in [-0.2, -0.15) is 0 Å². The zero-order chi connectivity index (χ0) is 15.8. The Morgan fingerprint density at radius 2 is 2.05 bits per heavy atom. The van der Waals surface area contributed by atoms with E-state index in [0.29, 0.717) is 24.1 Å². The molecular weight excluding hydrogens is 264 g/mol. The van der Waals surface area contributed by atoms with E-state index in [1.165, 1.54) is 0 Å². The molecular formula is C17H26N2O2. The first kappa shape index (κ1) is 17.2. The zero-order valence-corrected chi connectivity index (χ0v) is 13.6. The zero-order valence-electron chi connectivity index (χ0n) is 13.6. The average molecular weight is 290 g/mol. The number of aliphatic imine (C=N–C) groups is 1. The normalized spacial score (nSPS) is 13.1. The quantitative estimate of drug-likeness (QED) is 0.666. The topological polar surface area (TPSA) is 50.7 Å². The molecule has 1 aromatic carbocycles. The Morgan fingerprint density at radius 1 is 1.33 bits per heavy atom. The summed E-state index contributed by atoms with van der Waals surface area (Å²) >= 11 is 0. The van der Waals surface area contributed by atoms with E-state index in [2.05, 4.69) is 24.2 Å². The van der Waals surface area contributed by atoms with Crippen LogP contribution in [0.15, 0.2) is 29.3 Å². The van der Waals surface area contributed by atoms with Crippen LogP contribution in [0.5, 0.6) is 0 Å². The fraction of sp³-hybridized carbons (Fsp3) is 0.529. The third-order valence-electron chi connectivity index (χ3n) is 3.23. The average Bonchev–Trinajstić information content (AvgIpc) is 2.44. The van der Waals surface area contributed by atoms with Crippen LogP contribution < -0.4 is 5.32 Å². The molecule has 0 saturated heterocycles. The fourth-order valence-electron chi connectivity index (χ4n) is 1.59. The lowest BCUT2D eigenvalue weighted by Crippen LogP contribution is -2.34. The van der Waals surface area contributed by atoms with E-state index in [1.54, 1.807) is 6.07 Å². The van der Waals surface area contributed by atoms with E-state index >= 15 is 0 Å². The molecule has 1 rings (SSSR count). The van der Waals surface area contributed by atoms with Gasteiger partial charge >= 0.3 is 0 Å². The number of rotatable bonds is 5. The molecule has 0 spiro atoms. The van der Waals surface area contributed by atoms with Crippen molar-refractivity contribution in [3.8, 4) is 0 Å². The lowest BCUT2D eigenvalue weighted by molar-refractivity contribution is 0.0965. The summed E-state index contributed by atoms with van der Waals surface area (Å²) in [6.45, 7) is 10.7. The predicted octanol–water partition coefficient (Wildman–Crippen LogP) is 3.55. The van der Waals surface area contributed by atoms with Crippen LogP contribution in [0.4, 0.5) is 0 Å². The summed E-state index contributed by atoms with van der Waals surface area (Å²) < 4.78 is 5.55. The van der Waals surface area contributed by atoms with Crippen LogP contribution in [0.1, 0.15) is 50.0 Å². The van der Waals surface area contributed by atoms with Crippen molar-refractivity contribution in [2.75, 3.05) is 6.61 Å². The van der Waals surface area contributed by atoms with E-state index in [4.69, 9.17) is 4.74 Å². The largest absolute Gasteiger partial charge is 0.465 e. The number of hydrogen-bond acceptors (Lipinski definition) is 3. The van der Waals surface area contributed by atoms with Gasteiger partial charge in [-0.25, -0.2) is 4.99 Å². The van der Waals surface area contributed by atoms with Gasteiger partial charge in [-0.3, -0.25) is 10.1 Å². The van der Waals surface area contributed by atoms with Gasteiger partial charge in [0.25, 0.3) is 11.9 Å². The molecule has 21 heavy (non-hydrogen) atoms. The molecule has 0 saturated carbocycles. The van der Waals surface area contributed by atoms with Gasteiger partial charge in [0.05, 0.1) is 12.6 Å². The molecule has 1 aromatic rings. The molecule has 0 heterocycles. The van der Waals surface area contributed by atoms with Crippen LogP contribution in [0.3, 0.4) is 0 Å². The van der Waals surface area contributed by atoms with Crippen molar-refractivity contribution in [2.24, 2.45) is 10.9 Å². The SMILES string of the molecule is CCCOC(=N[C@@H](C)C(C)C)NC(=O)c1cccc(C)c1. The molecule has 116 valence electrons. The van der Waals surface area contributed by atoms with Gasteiger partial charge in [-0.1, -0.05) is 38.5 Å². The van der Waals surface area contributed by atoms with Gasteiger partial charge < -0.3 is 4.74 Å². The Morgan fingerprint density at radius 3 is 2.62 bits per heavy atom. The third kappa shape index (κ3) is 5.98. The molecule has 0 aliphatic heterocycles. The monoisotopic (exact) mass is 290 g/mol.